The van der Waals surface area contributed by atoms with E-state index in [4.69, 9.17) is 18.9 Å². The van der Waals surface area contributed by atoms with Gasteiger partial charge in [0.15, 0.2) is 5.60 Å². The maximum Gasteiger partial charge on any atom is 0.373 e. The van der Waals surface area contributed by atoms with Crippen LogP contribution in [-0.2, 0) is 21.8 Å². The molecule has 2 aliphatic rings. The van der Waals surface area contributed by atoms with E-state index < -0.39 is 22.2 Å². The second-order valence-corrected chi connectivity index (χ2v) is 12.1. The lowest BCUT2D eigenvalue weighted by Gasteiger charge is -2.36. The Morgan fingerprint density at radius 3 is 1.62 bits per heavy atom. The molecule has 0 amide bonds. The number of esters is 1. The average molecular weight is 633 g/mol. The van der Waals surface area contributed by atoms with Crippen molar-refractivity contribution in [1.29, 1.82) is 0 Å². The van der Waals surface area contributed by atoms with E-state index in [9.17, 15) is 14.4 Å². The fraction of sp³-hybridized carbons (Fsp3) is 0.0833. The maximum absolute atomic E-state index is 13.2. The maximum atomic E-state index is 13.2. The van der Waals surface area contributed by atoms with Gasteiger partial charge in [-0.25, -0.2) is 14.4 Å². The van der Waals surface area contributed by atoms with E-state index in [-0.39, 0.29) is 11.5 Å². The number of fused-ring (bicyclic) bond motifs is 6. The van der Waals surface area contributed by atoms with Gasteiger partial charge in [-0.3, -0.25) is 0 Å². The van der Waals surface area contributed by atoms with E-state index in [1.807, 2.05) is 72.8 Å². The summed E-state index contributed by atoms with van der Waals surface area (Å²) in [5.74, 6) is 1.70. The number of thioether (sulfide) groups is 2. The molecule has 0 fully saturated rings. The summed E-state index contributed by atoms with van der Waals surface area (Å²) in [6.45, 7) is 0. The molecule has 0 N–H and O–H groups in total. The zero-order chi connectivity index (χ0) is 30.8. The van der Waals surface area contributed by atoms with Gasteiger partial charge in [0.1, 0.15) is 23.0 Å². The molecule has 0 atom stereocenters. The van der Waals surface area contributed by atoms with E-state index in [0.29, 0.717) is 45.3 Å². The van der Waals surface area contributed by atoms with Crippen LogP contribution in [0.15, 0.2) is 121 Å². The Hall–Kier alpha value is -4.99. The van der Waals surface area contributed by atoms with Gasteiger partial charge in [0.05, 0.1) is 5.56 Å². The molecule has 45 heavy (non-hydrogen) atoms. The van der Waals surface area contributed by atoms with Gasteiger partial charge in [-0.05, 0) is 65.0 Å². The summed E-state index contributed by atoms with van der Waals surface area (Å²) in [5, 5.41) is -0.936. The largest absolute Gasteiger partial charge is 0.456 e. The molecule has 5 aromatic rings. The van der Waals surface area contributed by atoms with Crippen molar-refractivity contribution in [2.45, 2.75) is 17.1 Å². The Balaban J connectivity index is 1.18. The van der Waals surface area contributed by atoms with Crippen molar-refractivity contribution in [3.63, 3.8) is 0 Å². The first kappa shape index (κ1) is 28.8. The zero-order valence-corrected chi connectivity index (χ0v) is 25.3. The lowest BCUT2D eigenvalue weighted by Crippen LogP contribution is -2.33. The minimum absolute atomic E-state index is 0.274. The van der Waals surface area contributed by atoms with E-state index in [1.54, 1.807) is 48.5 Å². The molecular weight excluding hydrogens is 609 g/mol. The predicted octanol–water partition coefficient (Wildman–Crippen LogP) is 9.12. The lowest BCUT2D eigenvalue weighted by molar-refractivity contribution is 0.0224. The summed E-state index contributed by atoms with van der Waals surface area (Å²) in [6, 6.07) is 36.5. The Labute approximate surface area is 267 Å². The van der Waals surface area contributed by atoms with Crippen molar-refractivity contribution in [2.24, 2.45) is 0 Å². The molecule has 1 spiro atoms. The smallest absolute Gasteiger partial charge is 0.373 e. The highest BCUT2D eigenvalue weighted by atomic mass is 32.2. The van der Waals surface area contributed by atoms with Crippen molar-refractivity contribution < 1.29 is 33.3 Å². The minimum Gasteiger partial charge on any atom is -0.456 e. The molecule has 0 bridgehead atoms. The first-order valence-electron chi connectivity index (χ1n) is 14.1. The van der Waals surface area contributed by atoms with E-state index >= 15 is 0 Å². The van der Waals surface area contributed by atoms with Gasteiger partial charge in [0.25, 0.3) is 0 Å². The minimum atomic E-state index is -1.31. The molecule has 0 saturated carbocycles. The van der Waals surface area contributed by atoms with Gasteiger partial charge >= 0.3 is 16.6 Å². The molecule has 0 radical (unpaired) electrons. The molecule has 0 unspecified atom stereocenters. The van der Waals surface area contributed by atoms with Crippen molar-refractivity contribution >= 4 is 40.1 Å². The van der Waals surface area contributed by atoms with Gasteiger partial charge in [0.2, 0.25) is 0 Å². The Kier molecular flexibility index (Phi) is 7.79. The van der Waals surface area contributed by atoms with Crippen LogP contribution in [0, 0.1) is 0 Å². The van der Waals surface area contributed by atoms with Crippen molar-refractivity contribution in [3.05, 3.63) is 155 Å². The fourth-order valence-corrected chi connectivity index (χ4v) is 6.71. The number of carbonyl (C=O) groups is 3. The topological polar surface area (TPSA) is 88.1 Å². The molecule has 0 saturated heterocycles. The molecule has 7 nitrogen and oxygen atoms in total. The summed E-state index contributed by atoms with van der Waals surface area (Å²) in [6.07, 6.45) is 0. The number of hydrogen-bond acceptors (Lipinski definition) is 9. The van der Waals surface area contributed by atoms with Gasteiger partial charge in [-0.2, -0.15) is 0 Å². The van der Waals surface area contributed by atoms with Crippen LogP contribution in [0.3, 0.4) is 0 Å². The number of carbonyl (C=O) groups excluding carboxylic acids is 3. The number of rotatable bonds is 6. The van der Waals surface area contributed by atoms with Crippen LogP contribution in [0.5, 0.6) is 23.0 Å². The van der Waals surface area contributed by atoms with Crippen LogP contribution in [-0.4, -0.2) is 16.6 Å². The molecule has 222 valence electrons. The normalized spacial score (nSPS) is 13.6. The zero-order valence-electron chi connectivity index (χ0n) is 23.6. The highest BCUT2D eigenvalue weighted by Gasteiger charge is 2.53. The summed E-state index contributed by atoms with van der Waals surface area (Å²) in [4.78, 5) is 38.5. The van der Waals surface area contributed by atoms with Crippen LogP contribution in [0.1, 0.15) is 38.2 Å². The van der Waals surface area contributed by atoms with Crippen molar-refractivity contribution in [1.82, 2.24) is 0 Å². The molecule has 2 aliphatic heterocycles. The molecule has 0 aliphatic carbocycles. The average Bonchev–Trinajstić information content (AvgIpc) is 3.36. The number of benzene rings is 5. The Bertz CT molecular complexity index is 1820. The lowest BCUT2D eigenvalue weighted by atomic mass is 9.77. The Morgan fingerprint density at radius 2 is 1.09 bits per heavy atom. The molecule has 9 heteroatoms. The summed E-state index contributed by atoms with van der Waals surface area (Å²) in [5.41, 5.74) is 2.95. The monoisotopic (exact) mass is 632 g/mol. The molecular formula is C36H24O7S2. The third-order valence-electron chi connectivity index (χ3n) is 7.46. The van der Waals surface area contributed by atoms with Gasteiger partial charge in [-0.1, -0.05) is 78.9 Å². The molecule has 0 aromatic heterocycles. The third-order valence-corrected chi connectivity index (χ3v) is 9.05. The quantitative estimate of drug-likeness (QED) is 0.170. The van der Waals surface area contributed by atoms with Crippen LogP contribution >= 0.6 is 23.5 Å². The fourth-order valence-electron chi connectivity index (χ4n) is 5.45. The van der Waals surface area contributed by atoms with E-state index in [2.05, 4.69) is 0 Å². The number of ether oxygens (including phenoxy) is 4. The molecule has 7 rings (SSSR count). The van der Waals surface area contributed by atoms with Crippen LogP contribution in [0.2, 0.25) is 0 Å². The predicted molar refractivity (Wildman–Crippen MR) is 172 cm³/mol. The molecule has 2 heterocycles. The van der Waals surface area contributed by atoms with Gasteiger partial charge in [0, 0.05) is 40.3 Å². The summed E-state index contributed by atoms with van der Waals surface area (Å²) < 4.78 is 23.8. The standard InChI is InChI=1S/C36H24O7S2/c37-33-27-13-7-8-14-28(27)36(43-33)29-17-15-25(40-34(38)44-21-23-9-3-1-4-10-23)19-31(29)42-32-20-26(16-18-30(32)36)41-35(39)45-22-24-11-5-2-6-12-24/h1-20H,21-22H2. The Morgan fingerprint density at radius 1 is 0.600 bits per heavy atom. The van der Waals surface area contributed by atoms with E-state index in [0.717, 1.165) is 34.7 Å². The third kappa shape index (κ3) is 5.68. The first-order valence-corrected chi connectivity index (χ1v) is 16.0. The SMILES string of the molecule is O=C(Oc1ccc2c(c1)Oc1cc(OC(=O)SCc3ccccc3)ccc1C21OC(=O)c2ccccc21)SCc1ccccc1. The van der Waals surface area contributed by atoms with Crippen LogP contribution in [0.4, 0.5) is 9.59 Å². The number of hydrogen-bond donors (Lipinski definition) is 0. The van der Waals surface area contributed by atoms with Crippen LogP contribution < -0.4 is 14.2 Å². The summed E-state index contributed by atoms with van der Waals surface area (Å²) >= 11 is 2.10. The first-order chi connectivity index (χ1) is 22.0. The van der Waals surface area contributed by atoms with Gasteiger partial charge in [-0.15, -0.1) is 0 Å². The molecule has 5 aromatic carbocycles. The second kappa shape index (κ2) is 12.2. The highest BCUT2D eigenvalue weighted by molar-refractivity contribution is 8.12. The highest BCUT2D eigenvalue weighted by Crippen LogP contribution is 2.57. The van der Waals surface area contributed by atoms with E-state index in [1.165, 1.54) is 0 Å². The summed E-state index contributed by atoms with van der Waals surface area (Å²) in [7, 11) is 0. The second-order valence-electron chi connectivity index (χ2n) is 10.3. The van der Waals surface area contributed by atoms with Crippen molar-refractivity contribution in [2.75, 3.05) is 0 Å². The van der Waals surface area contributed by atoms with Gasteiger partial charge < -0.3 is 18.9 Å². The van der Waals surface area contributed by atoms with Crippen molar-refractivity contribution in [3.8, 4) is 23.0 Å². The van der Waals surface area contributed by atoms with Crippen LogP contribution in [0.25, 0.3) is 0 Å².